The topological polar surface area (TPSA) is 44.2 Å². The summed E-state index contributed by atoms with van der Waals surface area (Å²) in [6.45, 7) is 1.62. The second kappa shape index (κ2) is 6.48. The van der Waals surface area contributed by atoms with Gasteiger partial charge in [0.25, 0.3) is 11.8 Å². The van der Waals surface area contributed by atoms with Crippen LogP contribution in [0.5, 0.6) is 17.5 Å². The molecular weight excluding hydrogens is 266 g/mol. The Kier molecular flexibility index (Phi) is 4.45. The van der Waals surface area contributed by atoms with E-state index in [0.29, 0.717) is 0 Å². The van der Waals surface area contributed by atoms with Crippen molar-refractivity contribution in [2.75, 3.05) is 6.61 Å². The van der Waals surface area contributed by atoms with E-state index in [0.717, 1.165) is 6.33 Å². The Morgan fingerprint density at radius 3 is 2.65 bits per heavy atom. The molecule has 1 heterocycles. The third-order valence-corrected chi connectivity index (χ3v) is 2.23. The second-order valence-electron chi connectivity index (χ2n) is 3.55. The highest BCUT2D eigenvalue weighted by Crippen LogP contribution is 2.27. The first-order valence-corrected chi connectivity index (χ1v) is 5.67. The summed E-state index contributed by atoms with van der Waals surface area (Å²) in [6.07, 6.45) is 1.06. The Labute approximate surface area is 114 Å². The largest absolute Gasteiger partial charge is 0.462 e. The van der Waals surface area contributed by atoms with Crippen LogP contribution in [0.15, 0.2) is 30.6 Å². The predicted octanol–water partition coefficient (Wildman–Crippen LogP) is 2.95. The molecule has 0 bridgehead atoms. The summed E-state index contributed by atoms with van der Waals surface area (Å²) in [5.74, 6) is 2.83. The summed E-state index contributed by atoms with van der Waals surface area (Å²) in [5, 5.41) is 0. The molecule has 0 saturated carbocycles. The van der Waals surface area contributed by atoms with Gasteiger partial charge in [-0.2, -0.15) is 14.4 Å². The summed E-state index contributed by atoms with van der Waals surface area (Å²) in [4.78, 5) is 7.24. The Morgan fingerprint density at radius 1 is 1.15 bits per heavy atom. The maximum absolute atomic E-state index is 14.0. The molecular formula is C14H10F2N2O2. The van der Waals surface area contributed by atoms with Crippen molar-refractivity contribution < 1.29 is 18.3 Å². The lowest BCUT2D eigenvalue weighted by Gasteiger charge is -2.08. The number of para-hydroxylation sites is 1. The molecule has 0 N–H and O–H groups in total. The smallest absolute Gasteiger partial charge is 0.263 e. The monoisotopic (exact) mass is 276 g/mol. The van der Waals surface area contributed by atoms with Gasteiger partial charge < -0.3 is 9.47 Å². The van der Waals surface area contributed by atoms with E-state index in [2.05, 4.69) is 21.8 Å². The van der Waals surface area contributed by atoms with Crippen molar-refractivity contribution in [1.82, 2.24) is 9.97 Å². The lowest BCUT2D eigenvalue weighted by molar-refractivity contribution is 0.315. The fourth-order valence-electron chi connectivity index (χ4n) is 1.32. The predicted molar refractivity (Wildman–Crippen MR) is 67.4 cm³/mol. The van der Waals surface area contributed by atoms with E-state index in [1.54, 1.807) is 13.0 Å². The van der Waals surface area contributed by atoms with Gasteiger partial charge >= 0.3 is 0 Å². The average Bonchev–Trinajstić information content (AvgIpc) is 2.45. The van der Waals surface area contributed by atoms with Gasteiger partial charge in [-0.15, -0.1) is 5.92 Å². The molecule has 0 aliphatic heterocycles. The normalized spacial score (nSPS) is 9.55. The number of halogens is 2. The Bertz CT molecular complexity index is 666. The molecule has 0 spiro atoms. The summed E-state index contributed by atoms with van der Waals surface area (Å²) < 4.78 is 37.5. The van der Waals surface area contributed by atoms with Gasteiger partial charge in [-0.05, 0) is 19.1 Å². The summed E-state index contributed by atoms with van der Waals surface area (Å²) in [5.41, 5.74) is 0. The number of ether oxygens (including phenoxy) is 2. The number of hydrogen-bond acceptors (Lipinski definition) is 4. The number of hydrogen-bond donors (Lipinski definition) is 0. The molecule has 1 aromatic heterocycles. The van der Waals surface area contributed by atoms with Crippen LogP contribution in [0, 0.1) is 23.5 Å². The second-order valence-corrected chi connectivity index (χ2v) is 3.55. The quantitative estimate of drug-likeness (QED) is 0.805. The van der Waals surface area contributed by atoms with Crippen molar-refractivity contribution in [3.8, 4) is 29.4 Å². The van der Waals surface area contributed by atoms with Gasteiger partial charge in [0.15, 0.2) is 18.2 Å². The standard InChI is InChI=1S/C14H10F2N2O2/c1-2-3-8-19-13-12(16)14(18-9-17-13)20-11-7-5-4-6-10(11)15/h4-7,9H,8H2,1H3. The lowest BCUT2D eigenvalue weighted by atomic mass is 10.3. The van der Waals surface area contributed by atoms with Gasteiger partial charge in [0, 0.05) is 0 Å². The molecule has 0 fully saturated rings. The fourth-order valence-corrected chi connectivity index (χ4v) is 1.32. The van der Waals surface area contributed by atoms with Crippen LogP contribution in [0.1, 0.15) is 6.92 Å². The van der Waals surface area contributed by atoms with Crippen LogP contribution in [0.25, 0.3) is 0 Å². The zero-order valence-corrected chi connectivity index (χ0v) is 10.6. The van der Waals surface area contributed by atoms with Gasteiger partial charge in [-0.25, -0.2) is 4.39 Å². The molecule has 0 unspecified atom stereocenters. The first-order valence-electron chi connectivity index (χ1n) is 5.67. The van der Waals surface area contributed by atoms with Crippen LogP contribution in [0.4, 0.5) is 8.78 Å². The highest BCUT2D eigenvalue weighted by atomic mass is 19.1. The van der Waals surface area contributed by atoms with Crippen molar-refractivity contribution >= 4 is 0 Å². The van der Waals surface area contributed by atoms with E-state index < -0.39 is 17.5 Å². The minimum atomic E-state index is -0.909. The minimum absolute atomic E-state index is 0.0103. The number of nitrogens with zero attached hydrogens (tertiary/aromatic N) is 2. The fraction of sp³-hybridized carbons (Fsp3) is 0.143. The van der Waals surface area contributed by atoms with Crippen molar-refractivity contribution in [2.45, 2.75) is 6.92 Å². The molecule has 1 aromatic carbocycles. The third kappa shape index (κ3) is 3.20. The van der Waals surface area contributed by atoms with Crippen LogP contribution < -0.4 is 9.47 Å². The molecule has 6 heteroatoms. The van der Waals surface area contributed by atoms with E-state index in [1.807, 2.05) is 0 Å². The Balaban J connectivity index is 2.22. The minimum Gasteiger partial charge on any atom is -0.462 e. The van der Waals surface area contributed by atoms with Crippen LogP contribution in [-0.2, 0) is 0 Å². The zero-order valence-electron chi connectivity index (χ0n) is 10.6. The van der Waals surface area contributed by atoms with Crippen molar-refractivity contribution in [3.63, 3.8) is 0 Å². The van der Waals surface area contributed by atoms with Gasteiger partial charge in [0.2, 0.25) is 5.82 Å². The van der Waals surface area contributed by atoms with Crippen LogP contribution in [0.2, 0.25) is 0 Å². The molecule has 0 amide bonds. The first-order chi connectivity index (χ1) is 9.72. The molecule has 2 rings (SSSR count). The molecule has 0 radical (unpaired) electrons. The SMILES string of the molecule is CC#CCOc1ncnc(Oc2ccccc2F)c1F. The maximum Gasteiger partial charge on any atom is 0.263 e. The molecule has 4 nitrogen and oxygen atoms in total. The van der Waals surface area contributed by atoms with E-state index in [4.69, 9.17) is 9.47 Å². The molecule has 102 valence electrons. The molecule has 20 heavy (non-hydrogen) atoms. The van der Waals surface area contributed by atoms with Crippen LogP contribution >= 0.6 is 0 Å². The molecule has 0 saturated heterocycles. The molecule has 2 aromatic rings. The zero-order chi connectivity index (χ0) is 14.4. The van der Waals surface area contributed by atoms with E-state index in [9.17, 15) is 8.78 Å². The Morgan fingerprint density at radius 2 is 1.90 bits per heavy atom. The molecule has 0 aliphatic rings. The molecule has 0 aliphatic carbocycles. The van der Waals surface area contributed by atoms with Crippen molar-refractivity contribution in [3.05, 3.63) is 42.2 Å². The summed E-state index contributed by atoms with van der Waals surface area (Å²) in [6, 6.07) is 5.62. The van der Waals surface area contributed by atoms with E-state index in [1.165, 1.54) is 18.2 Å². The third-order valence-electron chi connectivity index (χ3n) is 2.23. The van der Waals surface area contributed by atoms with Crippen molar-refractivity contribution in [2.24, 2.45) is 0 Å². The molecule has 0 atom stereocenters. The van der Waals surface area contributed by atoms with Crippen LogP contribution in [-0.4, -0.2) is 16.6 Å². The summed E-state index contributed by atoms with van der Waals surface area (Å²) >= 11 is 0. The van der Waals surface area contributed by atoms with Crippen LogP contribution in [0.3, 0.4) is 0 Å². The van der Waals surface area contributed by atoms with Gasteiger partial charge in [0.05, 0.1) is 0 Å². The van der Waals surface area contributed by atoms with E-state index >= 15 is 0 Å². The van der Waals surface area contributed by atoms with Gasteiger partial charge in [-0.1, -0.05) is 18.1 Å². The highest BCUT2D eigenvalue weighted by molar-refractivity contribution is 5.31. The first kappa shape index (κ1) is 13.7. The Hall–Kier alpha value is -2.68. The lowest BCUT2D eigenvalue weighted by Crippen LogP contribution is -2.02. The number of aromatic nitrogens is 2. The average molecular weight is 276 g/mol. The van der Waals surface area contributed by atoms with Gasteiger partial charge in [-0.3, -0.25) is 0 Å². The van der Waals surface area contributed by atoms with E-state index in [-0.39, 0.29) is 18.2 Å². The summed E-state index contributed by atoms with van der Waals surface area (Å²) in [7, 11) is 0. The number of benzene rings is 1. The maximum atomic E-state index is 14.0. The van der Waals surface area contributed by atoms with Gasteiger partial charge in [0.1, 0.15) is 6.33 Å². The highest BCUT2D eigenvalue weighted by Gasteiger charge is 2.15. The van der Waals surface area contributed by atoms with Crippen molar-refractivity contribution in [1.29, 1.82) is 0 Å². The number of rotatable bonds is 4.